The Morgan fingerprint density at radius 1 is 1.33 bits per heavy atom. The van der Waals surface area contributed by atoms with Crippen molar-refractivity contribution in [2.24, 2.45) is 0 Å². The molecular formula is C14H11BrN2O3S. The maximum atomic E-state index is 12.6. The number of alkyl halides is 1. The van der Waals surface area contributed by atoms with E-state index in [4.69, 9.17) is 5.53 Å². The SMILES string of the molecule is [N-]=[N+]=CC(=O)C1=CCC(Br)(S(=O)(=O)c2ccccc2)C=C1. The highest BCUT2D eigenvalue weighted by Gasteiger charge is 2.41. The molecule has 0 saturated carbocycles. The fraction of sp³-hybridized carbons (Fsp3) is 0.143. The second-order valence-corrected chi connectivity index (χ2v) is 8.56. The Labute approximate surface area is 130 Å². The maximum absolute atomic E-state index is 12.6. The van der Waals surface area contributed by atoms with E-state index in [1.165, 1.54) is 30.4 Å². The molecule has 0 N–H and O–H groups in total. The lowest BCUT2D eigenvalue weighted by atomic mass is 10.0. The van der Waals surface area contributed by atoms with Crippen LogP contribution in [0.5, 0.6) is 0 Å². The van der Waals surface area contributed by atoms with Crippen LogP contribution in [0.15, 0.2) is 59.0 Å². The van der Waals surface area contributed by atoms with E-state index in [1.54, 1.807) is 18.2 Å². The largest absolute Gasteiger partial charge is 0.361 e. The number of nitrogens with zero attached hydrogens (tertiary/aromatic N) is 2. The van der Waals surface area contributed by atoms with Crippen molar-refractivity contribution in [3.63, 3.8) is 0 Å². The zero-order valence-electron chi connectivity index (χ0n) is 10.8. The first-order valence-corrected chi connectivity index (χ1v) is 8.28. The van der Waals surface area contributed by atoms with Crippen LogP contribution >= 0.6 is 15.9 Å². The molecule has 0 fully saturated rings. The van der Waals surface area contributed by atoms with Gasteiger partial charge in [-0.15, -0.1) is 0 Å². The number of allylic oxidation sites excluding steroid dienone is 3. The molecule has 0 amide bonds. The number of hydrogen-bond donors (Lipinski definition) is 0. The van der Waals surface area contributed by atoms with Gasteiger partial charge in [0.05, 0.1) is 4.90 Å². The summed E-state index contributed by atoms with van der Waals surface area (Å²) in [5, 5.41) is 0. The average Bonchev–Trinajstić information content (AvgIpc) is 2.49. The van der Waals surface area contributed by atoms with E-state index in [0.717, 1.165) is 6.21 Å². The van der Waals surface area contributed by atoms with Crippen LogP contribution in [0.25, 0.3) is 5.53 Å². The normalized spacial score (nSPS) is 21.3. The summed E-state index contributed by atoms with van der Waals surface area (Å²) in [6.07, 6.45) is 5.19. The number of carbonyl (C=O) groups excluding carboxylic acids is 1. The van der Waals surface area contributed by atoms with E-state index in [2.05, 4.69) is 20.7 Å². The Kier molecular flexibility index (Phi) is 4.37. The number of carbonyl (C=O) groups is 1. The number of Topliss-reactive ketones (excluding diaryl/α,β-unsaturated/α-hetero) is 1. The van der Waals surface area contributed by atoms with E-state index in [9.17, 15) is 13.2 Å². The van der Waals surface area contributed by atoms with Crippen LogP contribution in [0.1, 0.15) is 6.42 Å². The van der Waals surface area contributed by atoms with Crippen molar-refractivity contribution in [3.05, 3.63) is 59.7 Å². The van der Waals surface area contributed by atoms with Gasteiger partial charge in [0.25, 0.3) is 5.78 Å². The number of benzene rings is 1. The topological polar surface area (TPSA) is 87.6 Å². The predicted molar refractivity (Wildman–Crippen MR) is 81.8 cm³/mol. The summed E-state index contributed by atoms with van der Waals surface area (Å²) < 4.78 is 24.0. The quantitative estimate of drug-likeness (QED) is 0.354. The number of ketones is 1. The number of halogens is 1. The van der Waals surface area contributed by atoms with Crippen LogP contribution in [-0.4, -0.2) is 28.9 Å². The third-order valence-electron chi connectivity index (χ3n) is 3.07. The highest BCUT2D eigenvalue weighted by atomic mass is 79.9. The third-order valence-corrected chi connectivity index (χ3v) is 7.03. The van der Waals surface area contributed by atoms with Gasteiger partial charge in [-0.25, -0.2) is 8.42 Å². The maximum Gasteiger partial charge on any atom is 0.328 e. The second kappa shape index (κ2) is 5.89. The molecule has 1 aromatic rings. The Morgan fingerprint density at radius 3 is 2.52 bits per heavy atom. The van der Waals surface area contributed by atoms with Gasteiger partial charge in [0.1, 0.15) is 0 Å². The molecule has 2 rings (SSSR count). The number of sulfone groups is 1. The lowest BCUT2D eigenvalue weighted by molar-refractivity contribution is -0.112. The minimum absolute atomic E-state index is 0.0983. The van der Waals surface area contributed by atoms with E-state index >= 15 is 0 Å². The summed E-state index contributed by atoms with van der Waals surface area (Å²) in [5.41, 5.74) is 8.62. The molecular weight excluding hydrogens is 356 g/mol. The molecule has 0 saturated heterocycles. The highest BCUT2D eigenvalue weighted by Crippen LogP contribution is 2.39. The Morgan fingerprint density at radius 2 is 2.00 bits per heavy atom. The lowest BCUT2D eigenvalue weighted by Gasteiger charge is -2.25. The predicted octanol–water partition coefficient (Wildman–Crippen LogP) is 2.31. The van der Waals surface area contributed by atoms with Gasteiger partial charge in [0.15, 0.2) is 13.5 Å². The van der Waals surface area contributed by atoms with E-state index in [-0.39, 0.29) is 16.9 Å². The number of hydrogen-bond acceptors (Lipinski definition) is 3. The van der Waals surface area contributed by atoms with Crippen molar-refractivity contribution in [1.29, 1.82) is 0 Å². The van der Waals surface area contributed by atoms with Crippen molar-refractivity contribution >= 4 is 37.8 Å². The van der Waals surface area contributed by atoms with Gasteiger partial charge in [-0.05, 0) is 18.6 Å². The molecule has 0 bridgehead atoms. The van der Waals surface area contributed by atoms with Crippen LogP contribution in [0, 0.1) is 0 Å². The van der Waals surface area contributed by atoms with Gasteiger partial charge in [-0.3, -0.25) is 4.79 Å². The van der Waals surface area contributed by atoms with Crippen LogP contribution in [0.2, 0.25) is 0 Å². The van der Waals surface area contributed by atoms with Gasteiger partial charge in [-0.2, -0.15) is 4.79 Å². The molecule has 1 aromatic carbocycles. The van der Waals surface area contributed by atoms with E-state index < -0.39 is 19.3 Å². The van der Waals surface area contributed by atoms with Crippen LogP contribution in [-0.2, 0) is 14.6 Å². The third kappa shape index (κ3) is 2.95. The summed E-state index contributed by atoms with van der Waals surface area (Å²) >= 11 is 3.26. The molecule has 0 heterocycles. The molecule has 5 nitrogen and oxygen atoms in total. The first kappa shape index (κ1) is 15.6. The minimum Gasteiger partial charge on any atom is -0.361 e. The fourth-order valence-corrected chi connectivity index (χ4v) is 4.22. The smallest absolute Gasteiger partial charge is 0.328 e. The van der Waals surface area contributed by atoms with E-state index in [0.29, 0.717) is 0 Å². The molecule has 1 aliphatic carbocycles. The molecule has 0 aliphatic heterocycles. The molecule has 108 valence electrons. The second-order valence-electron chi connectivity index (χ2n) is 4.41. The lowest BCUT2D eigenvalue weighted by Crippen LogP contribution is -2.31. The van der Waals surface area contributed by atoms with Gasteiger partial charge in [0, 0.05) is 5.57 Å². The zero-order valence-corrected chi connectivity index (χ0v) is 13.2. The molecule has 21 heavy (non-hydrogen) atoms. The summed E-state index contributed by atoms with van der Waals surface area (Å²) in [6, 6.07) is 8.09. The first-order valence-electron chi connectivity index (χ1n) is 6.00. The molecule has 1 aliphatic rings. The van der Waals surface area contributed by atoms with Crippen molar-refractivity contribution in [2.45, 2.75) is 15.0 Å². The summed E-state index contributed by atoms with van der Waals surface area (Å²) in [7, 11) is -3.63. The summed E-state index contributed by atoms with van der Waals surface area (Å²) in [4.78, 5) is 14.4. The van der Waals surface area contributed by atoms with Crippen molar-refractivity contribution in [3.8, 4) is 0 Å². The van der Waals surface area contributed by atoms with Crippen LogP contribution < -0.4 is 0 Å². The number of rotatable bonds is 4. The summed E-state index contributed by atoms with van der Waals surface area (Å²) in [5.74, 6) is -0.486. The molecule has 1 atom stereocenters. The van der Waals surface area contributed by atoms with E-state index in [1.807, 2.05) is 0 Å². The van der Waals surface area contributed by atoms with Gasteiger partial charge in [0.2, 0.25) is 0 Å². The highest BCUT2D eigenvalue weighted by molar-refractivity contribution is 9.11. The van der Waals surface area contributed by atoms with Gasteiger partial charge in [-0.1, -0.05) is 52.4 Å². The Hall–Kier alpha value is -1.82. The average molecular weight is 367 g/mol. The molecule has 0 aromatic heterocycles. The Bertz CT molecular complexity index is 778. The van der Waals surface area contributed by atoms with Crippen molar-refractivity contribution < 1.29 is 18.0 Å². The molecule has 0 radical (unpaired) electrons. The molecule has 1 unspecified atom stereocenters. The van der Waals surface area contributed by atoms with Gasteiger partial charge >= 0.3 is 6.21 Å². The fourth-order valence-electron chi connectivity index (χ4n) is 1.90. The molecule has 7 heteroatoms. The monoisotopic (exact) mass is 366 g/mol. The van der Waals surface area contributed by atoms with Crippen LogP contribution in [0.3, 0.4) is 0 Å². The standard InChI is InChI=1S/C14H11BrN2O3S/c15-14(21(19,20)12-4-2-1-3-5-12)8-6-11(7-9-14)13(18)10-17-16/h1-8,10H,9H2. The van der Waals surface area contributed by atoms with Crippen LogP contribution in [0.4, 0.5) is 0 Å². The summed E-state index contributed by atoms with van der Waals surface area (Å²) in [6.45, 7) is 0. The first-order chi connectivity index (χ1) is 9.90. The Balaban J connectivity index is 2.34. The minimum atomic E-state index is -3.63. The van der Waals surface area contributed by atoms with Crippen molar-refractivity contribution in [1.82, 2.24) is 0 Å². The van der Waals surface area contributed by atoms with Gasteiger partial charge < -0.3 is 5.53 Å². The van der Waals surface area contributed by atoms with Crippen molar-refractivity contribution in [2.75, 3.05) is 0 Å². The zero-order chi connectivity index (χ0) is 15.5. The molecule has 0 spiro atoms.